The average molecular weight is 317 g/mol. The van der Waals surface area contributed by atoms with Crippen molar-refractivity contribution >= 4 is 17.5 Å². The molecule has 5 nitrogen and oxygen atoms in total. The number of carbonyl (C=O) groups excluding carboxylic acids is 2. The molecule has 3 N–H and O–H groups in total. The fourth-order valence-electron chi connectivity index (χ4n) is 2.87. The van der Waals surface area contributed by atoms with E-state index in [2.05, 4.69) is 25.2 Å². The molecule has 23 heavy (non-hydrogen) atoms. The van der Waals surface area contributed by atoms with E-state index >= 15 is 0 Å². The molecule has 5 heteroatoms. The topological polar surface area (TPSA) is 75.4 Å². The molecule has 0 radical (unpaired) electrons. The van der Waals surface area contributed by atoms with Crippen molar-refractivity contribution < 1.29 is 9.59 Å². The van der Waals surface area contributed by atoms with Crippen molar-refractivity contribution in [2.45, 2.75) is 39.5 Å². The van der Waals surface area contributed by atoms with Gasteiger partial charge in [-0.15, -0.1) is 0 Å². The lowest BCUT2D eigenvalue weighted by Crippen LogP contribution is -2.39. The fourth-order valence-corrected chi connectivity index (χ4v) is 2.87. The molecule has 1 aromatic rings. The van der Waals surface area contributed by atoms with Gasteiger partial charge in [0.15, 0.2) is 0 Å². The molecule has 0 saturated heterocycles. The number of benzene rings is 1. The van der Waals surface area contributed by atoms with E-state index in [-0.39, 0.29) is 17.2 Å². The molecular formula is C18H27N3O2. The van der Waals surface area contributed by atoms with Crippen molar-refractivity contribution in [2.24, 2.45) is 11.1 Å². The zero-order chi connectivity index (χ0) is 17.0. The first-order valence-corrected chi connectivity index (χ1v) is 8.16. The van der Waals surface area contributed by atoms with Gasteiger partial charge in [-0.05, 0) is 42.0 Å². The standard InChI is InChI=1S/C18H27N3O2/c1-18(2,11-19)12-21(3)17(23)6-4-5-13-7-8-15-14(9-13)10-16(22)20-15/h7-9H,4-6,10-12,19H2,1-3H3,(H,20,22). The third-order valence-electron chi connectivity index (χ3n) is 4.29. The Bertz CT molecular complexity index is 596. The molecule has 2 rings (SSSR count). The van der Waals surface area contributed by atoms with E-state index in [1.165, 1.54) is 5.56 Å². The van der Waals surface area contributed by atoms with Crippen molar-refractivity contribution in [3.05, 3.63) is 29.3 Å². The Morgan fingerprint density at radius 2 is 2.13 bits per heavy atom. The Balaban J connectivity index is 1.80. The largest absolute Gasteiger partial charge is 0.345 e. The van der Waals surface area contributed by atoms with Gasteiger partial charge in [-0.1, -0.05) is 26.0 Å². The van der Waals surface area contributed by atoms with E-state index in [0.717, 1.165) is 24.1 Å². The molecule has 0 spiro atoms. The van der Waals surface area contributed by atoms with Crippen LogP contribution in [0.3, 0.4) is 0 Å². The van der Waals surface area contributed by atoms with Crippen molar-refractivity contribution in [2.75, 3.05) is 25.5 Å². The molecule has 0 unspecified atom stereocenters. The van der Waals surface area contributed by atoms with Crippen LogP contribution in [0, 0.1) is 5.41 Å². The Hall–Kier alpha value is -1.88. The van der Waals surface area contributed by atoms with Crippen LogP contribution < -0.4 is 11.1 Å². The highest BCUT2D eigenvalue weighted by molar-refractivity contribution is 5.99. The monoisotopic (exact) mass is 317 g/mol. The lowest BCUT2D eigenvalue weighted by Gasteiger charge is -2.29. The second-order valence-electron chi connectivity index (χ2n) is 7.19. The Kier molecular flexibility index (Phi) is 5.42. The molecule has 2 amide bonds. The molecule has 1 aromatic carbocycles. The summed E-state index contributed by atoms with van der Waals surface area (Å²) >= 11 is 0. The van der Waals surface area contributed by atoms with Crippen LogP contribution in [-0.4, -0.2) is 36.9 Å². The van der Waals surface area contributed by atoms with Gasteiger partial charge in [0.05, 0.1) is 6.42 Å². The van der Waals surface area contributed by atoms with E-state index < -0.39 is 0 Å². The Labute approximate surface area is 138 Å². The predicted octanol–water partition coefficient (Wildman–Crippen LogP) is 1.95. The smallest absolute Gasteiger partial charge is 0.228 e. The fraction of sp³-hybridized carbons (Fsp3) is 0.556. The summed E-state index contributed by atoms with van der Waals surface area (Å²) < 4.78 is 0. The highest BCUT2D eigenvalue weighted by atomic mass is 16.2. The molecule has 0 aromatic heterocycles. The summed E-state index contributed by atoms with van der Waals surface area (Å²) in [7, 11) is 1.84. The molecule has 0 bridgehead atoms. The van der Waals surface area contributed by atoms with Crippen LogP contribution in [0.15, 0.2) is 18.2 Å². The highest BCUT2D eigenvalue weighted by Gasteiger charge is 2.21. The van der Waals surface area contributed by atoms with E-state index in [1.807, 2.05) is 19.2 Å². The highest BCUT2D eigenvalue weighted by Crippen LogP contribution is 2.24. The SMILES string of the molecule is CN(CC(C)(C)CN)C(=O)CCCc1ccc2c(c1)CC(=O)N2. The van der Waals surface area contributed by atoms with Crippen molar-refractivity contribution in [3.8, 4) is 0 Å². The van der Waals surface area contributed by atoms with Gasteiger partial charge in [0.2, 0.25) is 11.8 Å². The maximum absolute atomic E-state index is 12.2. The van der Waals surface area contributed by atoms with Crippen LogP contribution in [0.5, 0.6) is 0 Å². The van der Waals surface area contributed by atoms with Gasteiger partial charge in [-0.25, -0.2) is 0 Å². The predicted molar refractivity (Wildman–Crippen MR) is 92.2 cm³/mol. The molecule has 126 valence electrons. The van der Waals surface area contributed by atoms with Gasteiger partial charge < -0.3 is 16.0 Å². The van der Waals surface area contributed by atoms with Gasteiger partial charge >= 0.3 is 0 Å². The van der Waals surface area contributed by atoms with Crippen LogP contribution in [-0.2, 0) is 22.4 Å². The molecule has 0 fully saturated rings. The van der Waals surface area contributed by atoms with Crippen LogP contribution in [0.1, 0.15) is 37.8 Å². The van der Waals surface area contributed by atoms with Gasteiger partial charge in [0.25, 0.3) is 0 Å². The summed E-state index contributed by atoms with van der Waals surface area (Å²) in [5.74, 6) is 0.209. The quantitative estimate of drug-likeness (QED) is 0.807. The second kappa shape index (κ2) is 7.13. The van der Waals surface area contributed by atoms with Crippen LogP contribution in [0.25, 0.3) is 0 Å². The number of carbonyl (C=O) groups is 2. The first-order chi connectivity index (χ1) is 10.8. The van der Waals surface area contributed by atoms with E-state index in [0.29, 0.717) is 25.9 Å². The summed E-state index contributed by atoms with van der Waals surface area (Å²) in [6.07, 6.45) is 2.65. The van der Waals surface area contributed by atoms with Crippen LogP contribution in [0.2, 0.25) is 0 Å². The maximum atomic E-state index is 12.2. The molecule has 1 aliphatic heterocycles. The minimum atomic E-state index is -0.0517. The minimum absolute atomic E-state index is 0.0517. The Morgan fingerprint density at radius 1 is 1.39 bits per heavy atom. The summed E-state index contributed by atoms with van der Waals surface area (Å²) in [6, 6.07) is 6.04. The van der Waals surface area contributed by atoms with Gasteiger partial charge in [-0.2, -0.15) is 0 Å². The van der Waals surface area contributed by atoms with Crippen molar-refractivity contribution in [1.29, 1.82) is 0 Å². The Morgan fingerprint density at radius 3 is 2.83 bits per heavy atom. The number of rotatable bonds is 7. The summed E-state index contributed by atoms with van der Waals surface area (Å²) in [4.78, 5) is 25.3. The maximum Gasteiger partial charge on any atom is 0.228 e. The molecule has 1 heterocycles. The molecule has 0 aliphatic carbocycles. The lowest BCUT2D eigenvalue weighted by atomic mass is 9.93. The zero-order valence-electron chi connectivity index (χ0n) is 14.3. The number of nitrogens with one attached hydrogen (secondary N) is 1. The molecular weight excluding hydrogens is 290 g/mol. The van der Waals surface area contributed by atoms with Gasteiger partial charge in [0, 0.05) is 25.7 Å². The van der Waals surface area contributed by atoms with Crippen LogP contribution in [0.4, 0.5) is 5.69 Å². The number of nitrogens with zero attached hydrogens (tertiary/aromatic N) is 1. The van der Waals surface area contributed by atoms with Gasteiger partial charge in [-0.3, -0.25) is 9.59 Å². The number of nitrogens with two attached hydrogens (primary N) is 1. The van der Waals surface area contributed by atoms with Crippen molar-refractivity contribution in [1.82, 2.24) is 4.90 Å². The molecule has 1 aliphatic rings. The summed E-state index contributed by atoms with van der Waals surface area (Å²) in [5.41, 5.74) is 8.82. The molecule has 0 atom stereocenters. The first-order valence-electron chi connectivity index (χ1n) is 8.16. The molecule has 0 saturated carbocycles. The minimum Gasteiger partial charge on any atom is -0.345 e. The lowest BCUT2D eigenvalue weighted by molar-refractivity contribution is -0.131. The van der Waals surface area contributed by atoms with E-state index in [4.69, 9.17) is 5.73 Å². The number of fused-ring (bicyclic) bond motifs is 1. The third-order valence-corrected chi connectivity index (χ3v) is 4.29. The third kappa shape index (κ3) is 4.79. The van der Waals surface area contributed by atoms with Crippen molar-refractivity contribution in [3.63, 3.8) is 0 Å². The number of amides is 2. The number of hydrogen-bond acceptors (Lipinski definition) is 3. The van der Waals surface area contributed by atoms with Gasteiger partial charge in [0.1, 0.15) is 0 Å². The normalized spacial score (nSPS) is 13.7. The van der Waals surface area contributed by atoms with E-state index in [9.17, 15) is 9.59 Å². The zero-order valence-corrected chi connectivity index (χ0v) is 14.3. The second-order valence-corrected chi connectivity index (χ2v) is 7.19. The summed E-state index contributed by atoms with van der Waals surface area (Å²) in [5, 5.41) is 2.83. The number of aryl methyl sites for hydroxylation is 1. The first kappa shape index (κ1) is 17.5. The summed E-state index contributed by atoms with van der Waals surface area (Å²) in [6.45, 7) is 5.37. The number of hydrogen-bond donors (Lipinski definition) is 2. The average Bonchev–Trinajstić information content (AvgIpc) is 2.86. The van der Waals surface area contributed by atoms with Crippen LogP contribution >= 0.6 is 0 Å². The number of anilines is 1. The van der Waals surface area contributed by atoms with E-state index in [1.54, 1.807) is 4.90 Å².